The number of halogens is 2. The smallest absolute Gasteiger partial charge is 0.128 e. The molecule has 0 radical (unpaired) electrons. The van der Waals surface area contributed by atoms with E-state index in [1.54, 1.807) is 6.92 Å². The topological polar surface area (TPSA) is 27.1 Å². The Morgan fingerprint density at radius 1 is 1.50 bits per heavy atom. The van der Waals surface area contributed by atoms with Gasteiger partial charge in [-0.15, -0.1) is 11.6 Å². The number of aromatic nitrogens is 2. The van der Waals surface area contributed by atoms with Crippen molar-refractivity contribution in [1.29, 1.82) is 0 Å². The maximum atomic E-state index is 13.7. The maximum absolute atomic E-state index is 13.7. The van der Waals surface area contributed by atoms with Gasteiger partial charge in [-0.1, -0.05) is 0 Å². The van der Waals surface area contributed by atoms with Crippen molar-refractivity contribution in [3.05, 3.63) is 29.3 Å². The molecule has 0 N–H and O–H groups in total. The Morgan fingerprint density at radius 2 is 2.30 bits per heavy atom. The second-order valence-electron chi connectivity index (χ2n) is 5.49. The summed E-state index contributed by atoms with van der Waals surface area (Å²) in [5, 5.41) is 0. The quantitative estimate of drug-likeness (QED) is 0.809. The van der Waals surface area contributed by atoms with Crippen LogP contribution < -0.4 is 0 Å². The molecule has 5 heteroatoms. The summed E-state index contributed by atoms with van der Waals surface area (Å²) in [5.74, 6) is 1.36. The zero-order valence-electron chi connectivity index (χ0n) is 11.7. The maximum Gasteiger partial charge on any atom is 0.128 e. The Morgan fingerprint density at radius 3 is 2.95 bits per heavy atom. The first kappa shape index (κ1) is 13.8. The number of benzene rings is 1. The van der Waals surface area contributed by atoms with Crippen molar-refractivity contribution in [3.63, 3.8) is 0 Å². The fraction of sp³-hybridized carbons (Fsp3) is 0.533. The average molecular weight is 297 g/mol. The summed E-state index contributed by atoms with van der Waals surface area (Å²) in [7, 11) is 0. The first-order valence-electron chi connectivity index (χ1n) is 6.93. The normalized spacial score (nSPS) is 22.8. The predicted octanol–water partition coefficient (Wildman–Crippen LogP) is 3.65. The molecule has 1 aromatic heterocycles. The van der Waals surface area contributed by atoms with Crippen molar-refractivity contribution < 1.29 is 9.13 Å². The Hall–Kier alpha value is -1.13. The van der Waals surface area contributed by atoms with Crippen LogP contribution in [0.1, 0.15) is 24.7 Å². The molecule has 0 saturated carbocycles. The Bertz CT molecular complexity index is 640. The van der Waals surface area contributed by atoms with Gasteiger partial charge in [0.25, 0.3) is 0 Å². The molecule has 2 atom stereocenters. The molecule has 1 aliphatic rings. The summed E-state index contributed by atoms with van der Waals surface area (Å²) in [4.78, 5) is 4.45. The molecule has 2 unspecified atom stereocenters. The number of aryl methyl sites for hydroxylation is 1. The molecule has 0 amide bonds. The molecule has 3 nitrogen and oxygen atoms in total. The van der Waals surface area contributed by atoms with Gasteiger partial charge in [-0.3, -0.25) is 0 Å². The van der Waals surface area contributed by atoms with E-state index in [1.807, 2.05) is 6.07 Å². The lowest BCUT2D eigenvalue weighted by atomic mass is 10.0. The third-order valence-corrected chi connectivity index (χ3v) is 4.42. The van der Waals surface area contributed by atoms with Crippen LogP contribution >= 0.6 is 11.6 Å². The number of alkyl halides is 1. The minimum absolute atomic E-state index is 0.221. The van der Waals surface area contributed by atoms with Crippen LogP contribution in [0.25, 0.3) is 11.0 Å². The summed E-state index contributed by atoms with van der Waals surface area (Å²) in [6.45, 7) is 5.50. The van der Waals surface area contributed by atoms with E-state index in [0.717, 1.165) is 30.9 Å². The van der Waals surface area contributed by atoms with Gasteiger partial charge >= 0.3 is 0 Å². The minimum atomic E-state index is -0.221. The van der Waals surface area contributed by atoms with Gasteiger partial charge < -0.3 is 9.30 Å². The van der Waals surface area contributed by atoms with Crippen LogP contribution in [0.3, 0.4) is 0 Å². The van der Waals surface area contributed by atoms with Crippen molar-refractivity contribution >= 4 is 22.6 Å². The van der Waals surface area contributed by atoms with Crippen LogP contribution in [-0.4, -0.2) is 22.3 Å². The minimum Gasteiger partial charge on any atom is -0.378 e. The SMILES string of the molecule is Cc1cc2c(cc1F)nc(CCl)n2CC1CCOC1C. The van der Waals surface area contributed by atoms with Gasteiger partial charge in [0, 0.05) is 25.1 Å². The largest absolute Gasteiger partial charge is 0.378 e. The third kappa shape index (κ3) is 2.31. The van der Waals surface area contributed by atoms with E-state index in [-0.39, 0.29) is 11.9 Å². The highest BCUT2D eigenvalue weighted by Gasteiger charge is 2.26. The number of imidazole rings is 1. The number of fused-ring (bicyclic) bond motifs is 1. The molecule has 1 fully saturated rings. The van der Waals surface area contributed by atoms with Gasteiger partial charge in [0.05, 0.1) is 23.0 Å². The van der Waals surface area contributed by atoms with Crippen LogP contribution in [0, 0.1) is 18.7 Å². The standard InChI is InChI=1S/C15H18ClFN2O/c1-9-5-14-13(6-12(9)17)18-15(7-16)19(14)8-11-3-4-20-10(11)2/h5-6,10-11H,3-4,7-8H2,1-2H3. The summed E-state index contributed by atoms with van der Waals surface area (Å²) >= 11 is 6.00. The van der Waals surface area contributed by atoms with Gasteiger partial charge in [-0.05, 0) is 31.9 Å². The summed E-state index contributed by atoms with van der Waals surface area (Å²) in [6.07, 6.45) is 1.29. The molecule has 0 aliphatic carbocycles. The van der Waals surface area contributed by atoms with E-state index >= 15 is 0 Å². The van der Waals surface area contributed by atoms with Crippen LogP contribution in [0.5, 0.6) is 0 Å². The second kappa shape index (κ2) is 5.34. The molecular weight excluding hydrogens is 279 g/mol. The van der Waals surface area contributed by atoms with E-state index in [9.17, 15) is 4.39 Å². The first-order chi connectivity index (χ1) is 9.60. The monoisotopic (exact) mass is 296 g/mol. The lowest BCUT2D eigenvalue weighted by Crippen LogP contribution is -2.19. The highest BCUT2D eigenvalue weighted by molar-refractivity contribution is 6.16. The van der Waals surface area contributed by atoms with Crippen molar-refractivity contribution in [1.82, 2.24) is 9.55 Å². The zero-order chi connectivity index (χ0) is 14.3. The van der Waals surface area contributed by atoms with Crippen molar-refractivity contribution in [2.45, 2.75) is 38.8 Å². The van der Waals surface area contributed by atoms with E-state index in [2.05, 4.69) is 16.5 Å². The van der Waals surface area contributed by atoms with E-state index < -0.39 is 0 Å². The fourth-order valence-corrected chi connectivity index (χ4v) is 3.06. The molecular formula is C15H18ClFN2O. The molecule has 1 saturated heterocycles. The summed E-state index contributed by atoms with van der Waals surface area (Å²) < 4.78 is 21.4. The number of hydrogen-bond donors (Lipinski definition) is 0. The Labute approximate surface area is 122 Å². The van der Waals surface area contributed by atoms with Gasteiger partial charge in [0.1, 0.15) is 11.6 Å². The molecule has 20 heavy (non-hydrogen) atoms. The van der Waals surface area contributed by atoms with Gasteiger partial charge in [-0.25, -0.2) is 9.37 Å². The number of rotatable bonds is 3. The van der Waals surface area contributed by atoms with Crippen LogP contribution in [-0.2, 0) is 17.2 Å². The van der Waals surface area contributed by atoms with Gasteiger partial charge in [0.2, 0.25) is 0 Å². The van der Waals surface area contributed by atoms with Crippen molar-refractivity contribution in [2.75, 3.05) is 6.61 Å². The molecule has 1 aliphatic heterocycles. The zero-order valence-corrected chi connectivity index (χ0v) is 12.5. The number of ether oxygens (including phenoxy) is 1. The van der Waals surface area contributed by atoms with Gasteiger partial charge in [0.15, 0.2) is 0 Å². The van der Waals surface area contributed by atoms with E-state index in [0.29, 0.717) is 22.9 Å². The van der Waals surface area contributed by atoms with Crippen molar-refractivity contribution in [2.24, 2.45) is 5.92 Å². The molecule has 108 valence electrons. The molecule has 1 aromatic carbocycles. The molecule has 2 heterocycles. The van der Waals surface area contributed by atoms with E-state index in [1.165, 1.54) is 6.07 Å². The van der Waals surface area contributed by atoms with Gasteiger partial charge in [-0.2, -0.15) is 0 Å². The van der Waals surface area contributed by atoms with E-state index in [4.69, 9.17) is 16.3 Å². The Kier molecular flexibility index (Phi) is 3.69. The number of hydrogen-bond acceptors (Lipinski definition) is 2. The Balaban J connectivity index is 2.05. The van der Waals surface area contributed by atoms with Crippen LogP contribution in [0.15, 0.2) is 12.1 Å². The fourth-order valence-electron chi connectivity index (χ4n) is 2.86. The van der Waals surface area contributed by atoms with Crippen LogP contribution in [0.2, 0.25) is 0 Å². The molecule has 0 bridgehead atoms. The first-order valence-corrected chi connectivity index (χ1v) is 7.46. The predicted molar refractivity (Wildman–Crippen MR) is 77.5 cm³/mol. The summed E-state index contributed by atoms with van der Waals surface area (Å²) in [6, 6.07) is 3.35. The second-order valence-corrected chi connectivity index (χ2v) is 5.75. The molecule has 3 rings (SSSR count). The third-order valence-electron chi connectivity index (χ3n) is 4.18. The molecule has 2 aromatic rings. The van der Waals surface area contributed by atoms with Crippen LogP contribution in [0.4, 0.5) is 4.39 Å². The number of nitrogens with zero attached hydrogens (tertiary/aromatic N) is 2. The highest BCUT2D eigenvalue weighted by Crippen LogP contribution is 2.27. The molecule has 0 spiro atoms. The lowest BCUT2D eigenvalue weighted by molar-refractivity contribution is 0.102. The summed E-state index contributed by atoms with van der Waals surface area (Å²) in [5.41, 5.74) is 2.27. The van der Waals surface area contributed by atoms with Crippen molar-refractivity contribution in [3.8, 4) is 0 Å². The highest BCUT2D eigenvalue weighted by atomic mass is 35.5. The lowest BCUT2D eigenvalue weighted by Gasteiger charge is -2.17. The average Bonchev–Trinajstić information content (AvgIpc) is 2.96.